The number of halogens is 1. The first-order valence-corrected chi connectivity index (χ1v) is 6.50. The Morgan fingerprint density at radius 2 is 2.00 bits per heavy atom. The molecule has 1 heterocycles. The van der Waals surface area contributed by atoms with E-state index in [2.05, 4.69) is 20.9 Å². The van der Waals surface area contributed by atoms with E-state index in [1.54, 1.807) is 18.5 Å². The Labute approximate surface area is 112 Å². The predicted molar refractivity (Wildman–Crippen MR) is 73.5 cm³/mol. The number of hydrogen-bond acceptors (Lipinski definition) is 3. The highest BCUT2D eigenvalue weighted by atomic mass is 79.9. The number of nitrogens with two attached hydrogens (primary N) is 1. The number of aromatic nitrogens is 1. The fourth-order valence-corrected chi connectivity index (χ4v) is 2.81. The van der Waals surface area contributed by atoms with E-state index in [0.29, 0.717) is 5.56 Å². The zero-order chi connectivity index (χ0) is 12.3. The molecular weight excluding hydrogens is 298 g/mol. The normalized spacial score (nSPS) is 10.2. The van der Waals surface area contributed by atoms with Crippen molar-refractivity contribution in [1.29, 1.82) is 5.41 Å². The lowest BCUT2D eigenvalue weighted by Crippen LogP contribution is -2.12. The molecule has 3 N–H and O–H groups in total. The summed E-state index contributed by atoms with van der Waals surface area (Å²) in [6.07, 6.45) is 3.36. The summed E-state index contributed by atoms with van der Waals surface area (Å²) in [6, 6.07) is 9.67. The van der Waals surface area contributed by atoms with Crippen LogP contribution in [-0.4, -0.2) is 10.8 Å². The molecular formula is C12H10BrN3S. The zero-order valence-electron chi connectivity index (χ0n) is 8.85. The Kier molecular flexibility index (Phi) is 3.81. The van der Waals surface area contributed by atoms with Crippen molar-refractivity contribution in [2.24, 2.45) is 5.73 Å². The van der Waals surface area contributed by atoms with Gasteiger partial charge in [0.1, 0.15) is 5.84 Å². The van der Waals surface area contributed by atoms with Gasteiger partial charge >= 0.3 is 0 Å². The van der Waals surface area contributed by atoms with E-state index < -0.39 is 0 Å². The second kappa shape index (κ2) is 5.33. The lowest BCUT2D eigenvalue weighted by molar-refractivity contribution is 1.20. The van der Waals surface area contributed by atoms with Crippen LogP contribution in [0.4, 0.5) is 0 Å². The standard InChI is InChI=1S/C12H10BrN3S/c13-9-3-1-2-4-10(9)17-11-7-16-6-5-8(11)12(14)15/h1-7H,(H3,14,15). The van der Waals surface area contributed by atoms with Crippen LogP contribution < -0.4 is 5.73 Å². The van der Waals surface area contributed by atoms with Gasteiger partial charge in [0.15, 0.2) is 0 Å². The van der Waals surface area contributed by atoms with E-state index in [4.69, 9.17) is 11.1 Å². The van der Waals surface area contributed by atoms with Crippen molar-refractivity contribution in [3.05, 3.63) is 52.8 Å². The smallest absolute Gasteiger partial charge is 0.124 e. The monoisotopic (exact) mass is 307 g/mol. The number of pyridine rings is 1. The summed E-state index contributed by atoms with van der Waals surface area (Å²) in [5, 5.41) is 7.52. The largest absolute Gasteiger partial charge is 0.384 e. The highest BCUT2D eigenvalue weighted by molar-refractivity contribution is 9.10. The molecule has 0 aliphatic carbocycles. The summed E-state index contributed by atoms with van der Waals surface area (Å²) >= 11 is 5.03. The third kappa shape index (κ3) is 2.87. The average molecular weight is 308 g/mol. The molecule has 5 heteroatoms. The van der Waals surface area contributed by atoms with Crippen molar-refractivity contribution < 1.29 is 0 Å². The molecule has 0 saturated heterocycles. The first-order valence-electron chi connectivity index (χ1n) is 4.89. The van der Waals surface area contributed by atoms with Gasteiger partial charge in [-0.15, -0.1) is 0 Å². The topological polar surface area (TPSA) is 62.8 Å². The van der Waals surface area contributed by atoms with Gasteiger partial charge < -0.3 is 5.73 Å². The van der Waals surface area contributed by atoms with Crippen LogP contribution in [0.25, 0.3) is 0 Å². The molecule has 17 heavy (non-hydrogen) atoms. The number of rotatable bonds is 3. The van der Waals surface area contributed by atoms with Gasteiger partial charge in [0, 0.05) is 32.2 Å². The Hall–Kier alpha value is -1.33. The lowest BCUT2D eigenvalue weighted by atomic mass is 10.2. The molecule has 0 radical (unpaired) electrons. The summed E-state index contributed by atoms with van der Waals surface area (Å²) in [6.45, 7) is 0. The van der Waals surface area contributed by atoms with Crippen molar-refractivity contribution in [2.45, 2.75) is 9.79 Å². The number of nitrogen functional groups attached to an aromatic ring is 1. The highest BCUT2D eigenvalue weighted by Gasteiger charge is 2.08. The summed E-state index contributed by atoms with van der Waals surface area (Å²) in [5.74, 6) is 0.0574. The maximum Gasteiger partial charge on any atom is 0.124 e. The minimum absolute atomic E-state index is 0.0574. The van der Waals surface area contributed by atoms with Crippen molar-refractivity contribution in [2.75, 3.05) is 0 Å². The van der Waals surface area contributed by atoms with Gasteiger partial charge in [-0.2, -0.15) is 0 Å². The summed E-state index contributed by atoms with van der Waals surface area (Å²) in [5.41, 5.74) is 6.25. The molecule has 86 valence electrons. The van der Waals surface area contributed by atoms with Crippen LogP contribution in [0.2, 0.25) is 0 Å². The molecule has 3 nitrogen and oxygen atoms in total. The van der Waals surface area contributed by atoms with Crippen LogP contribution in [-0.2, 0) is 0 Å². The quantitative estimate of drug-likeness (QED) is 0.675. The molecule has 0 atom stereocenters. The van der Waals surface area contributed by atoms with Gasteiger partial charge in [0.05, 0.1) is 0 Å². The molecule has 0 amide bonds. The summed E-state index contributed by atoms with van der Waals surface area (Å²) in [4.78, 5) is 6.02. The van der Waals surface area contributed by atoms with E-state index in [9.17, 15) is 0 Å². The van der Waals surface area contributed by atoms with Crippen molar-refractivity contribution in [3.63, 3.8) is 0 Å². The van der Waals surface area contributed by atoms with E-state index >= 15 is 0 Å². The van der Waals surface area contributed by atoms with E-state index in [1.807, 2.05) is 24.3 Å². The van der Waals surface area contributed by atoms with Crippen molar-refractivity contribution in [3.8, 4) is 0 Å². The summed E-state index contributed by atoms with van der Waals surface area (Å²) in [7, 11) is 0. The second-order valence-electron chi connectivity index (χ2n) is 3.32. The van der Waals surface area contributed by atoms with Gasteiger partial charge in [-0.25, -0.2) is 0 Å². The maximum absolute atomic E-state index is 7.52. The van der Waals surface area contributed by atoms with Crippen LogP contribution in [0, 0.1) is 5.41 Å². The minimum atomic E-state index is 0.0574. The van der Waals surface area contributed by atoms with Crippen molar-refractivity contribution >= 4 is 33.5 Å². The molecule has 0 spiro atoms. The van der Waals surface area contributed by atoms with Crippen LogP contribution in [0.15, 0.2) is 57.0 Å². The molecule has 1 aromatic heterocycles. The molecule has 0 aliphatic rings. The fraction of sp³-hybridized carbons (Fsp3) is 0. The number of benzene rings is 1. The van der Waals surface area contributed by atoms with E-state index in [1.165, 1.54) is 11.8 Å². The Morgan fingerprint density at radius 3 is 2.71 bits per heavy atom. The maximum atomic E-state index is 7.52. The van der Waals surface area contributed by atoms with Gasteiger partial charge in [-0.05, 0) is 34.1 Å². The number of hydrogen-bond donors (Lipinski definition) is 2. The first kappa shape index (κ1) is 12.1. The molecule has 0 saturated carbocycles. The fourth-order valence-electron chi connectivity index (χ4n) is 1.33. The molecule has 2 aromatic rings. The van der Waals surface area contributed by atoms with Crippen LogP contribution in [0.1, 0.15) is 5.56 Å². The Bertz CT molecular complexity index is 557. The van der Waals surface area contributed by atoms with Gasteiger partial charge in [-0.3, -0.25) is 10.4 Å². The molecule has 0 unspecified atom stereocenters. The van der Waals surface area contributed by atoms with Crippen LogP contribution in [0.5, 0.6) is 0 Å². The highest BCUT2D eigenvalue weighted by Crippen LogP contribution is 2.34. The van der Waals surface area contributed by atoms with Crippen molar-refractivity contribution in [1.82, 2.24) is 4.98 Å². The molecule has 0 fully saturated rings. The number of nitrogens with one attached hydrogen (secondary N) is 1. The molecule has 2 rings (SSSR count). The minimum Gasteiger partial charge on any atom is -0.384 e. The van der Waals surface area contributed by atoms with Gasteiger partial charge in [0.25, 0.3) is 0 Å². The zero-order valence-corrected chi connectivity index (χ0v) is 11.3. The molecule has 0 aliphatic heterocycles. The van der Waals surface area contributed by atoms with Gasteiger partial charge in [-0.1, -0.05) is 23.9 Å². The summed E-state index contributed by atoms with van der Waals surface area (Å²) < 4.78 is 1.02. The Morgan fingerprint density at radius 1 is 1.24 bits per heavy atom. The third-order valence-electron chi connectivity index (χ3n) is 2.13. The lowest BCUT2D eigenvalue weighted by Gasteiger charge is -2.07. The number of nitrogens with zero attached hydrogens (tertiary/aromatic N) is 1. The van der Waals surface area contributed by atoms with Gasteiger partial charge in [0.2, 0.25) is 0 Å². The van der Waals surface area contributed by atoms with E-state index in [-0.39, 0.29) is 5.84 Å². The van der Waals surface area contributed by atoms with E-state index in [0.717, 1.165) is 14.3 Å². The second-order valence-corrected chi connectivity index (χ2v) is 5.26. The predicted octanol–water partition coefficient (Wildman–Crippen LogP) is 3.28. The van der Waals surface area contributed by atoms with Crippen LogP contribution in [0.3, 0.4) is 0 Å². The SMILES string of the molecule is N=C(N)c1ccncc1Sc1ccccc1Br. The number of amidine groups is 1. The Balaban J connectivity index is 2.37. The van der Waals surface area contributed by atoms with Crippen LogP contribution >= 0.6 is 27.7 Å². The first-order chi connectivity index (χ1) is 8.18. The molecule has 0 bridgehead atoms. The third-order valence-corrected chi connectivity index (χ3v) is 4.21. The average Bonchev–Trinajstić information content (AvgIpc) is 2.32. The molecule has 1 aromatic carbocycles.